The summed E-state index contributed by atoms with van der Waals surface area (Å²) in [5.41, 5.74) is 1.02. The fourth-order valence-corrected chi connectivity index (χ4v) is 4.27. The molecule has 1 aliphatic carbocycles. The molecule has 0 spiro atoms. The summed E-state index contributed by atoms with van der Waals surface area (Å²) in [6.45, 7) is 0.411. The fourth-order valence-electron chi connectivity index (χ4n) is 2.69. The molecule has 0 atom stereocenters. The van der Waals surface area contributed by atoms with Crippen LogP contribution in [0.3, 0.4) is 0 Å². The standard InChI is InChI=1S/C15H23NO4S/c1-19-14-8-7-12(11-15(14)20-2)9-10-16-21(17,18)13-5-3-4-6-13/h7-8,11,13,16H,3-6,9-10H2,1-2H3. The Labute approximate surface area is 126 Å². The number of hydrogen-bond acceptors (Lipinski definition) is 4. The summed E-state index contributed by atoms with van der Waals surface area (Å²) in [6.07, 6.45) is 4.23. The zero-order valence-electron chi connectivity index (χ0n) is 12.6. The van der Waals surface area contributed by atoms with Gasteiger partial charge >= 0.3 is 0 Å². The molecule has 1 aliphatic rings. The highest BCUT2D eigenvalue weighted by atomic mass is 32.2. The molecule has 0 bridgehead atoms. The SMILES string of the molecule is COc1ccc(CCNS(=O)(=O)C2CCCC2)cc1OC. The molecule has 1 saturated carbocycles. The summed E-state index contributed by atoms with van der Waals surface area (Å²) < 4.78 is 37.3. The predicted molar refractivity (Wildman–Crippen MR) is 82.4 cm³/mol. The van der Waals surface area contributed by atoms with E-state index < -0.39 is 10.0 Å². The van der Waals surface area contributed by atoms with Gasteiger partial charge in [-0.2, -0.15) is 0 Å². The molecular formula is C15H23NO4S. The first kappa shape index (κ1) is 16.1. The van der Waals surface area contributed by atoms with Gasteiger partial charge < -0.3 is 9.47 Å². The van der Waals surface area contributed by atoms with Gasteiger partial charge in [-0.05, 0) is 37.0 Å². The van der Waals surface area contributed by atoms with Crippen LogP contribution in [0.2, 0.25) is 0 Å². The summed E-state index contributed by atoms with van der Waals surface area (Å²) in [5.74, 6) is 1.33. The minimum Gasteiger partial charge on any atom is -0.493 e. The van der Waals surface area contributed by atoms with Crippen molar-refractivity contribution in [2.24, 2.45) is 0 Å². The highest BCUT2D eigenvalue weighted by molar-refractivity contribution is 7.90. The van der Waals surface area contributed by atoms with Gasteiger partial charge in [-0.25, -0.2) is 13.1 Å². The van der Waals surface area contributed by atoms with E-state index in [1.165, 1.54) is 0 Å². The molecular weight excluding hydrogens is 290 g/mol. The second-order valence-corrected chi connectivity index (χ2v) is 7.33. The van der Waals surface area contributed by atoms with Crippen LogP contribution in [0.1, 0.15) is 31.2 Å². The molecule has 21 heavy (non-hydrogen) atoms. The maximum absolute atomic E-state index is 12.1. The Hall–Kier alpha value is -1.27. The van der Waals surface area contributed by atoms with Crippen molar-refractivity contribution in [3.63, 3.8) is 0 Å². The smallest absolute Gasteiger partial charge is 0.214 e. The van der Waals surface area contributed by atoms with Gasteiger partial charge in [-0.15, -0.1) is 0 Å². The first-order valence-electron chi connectivity index (χ1n) is 7.26. The van der Waals surface area contributed by atoms with Gasteiger partial charge in [-0.1, -0.05) is 18.9 Å². The Morgan fingerprint density at radius 1 is 1.14 bits per heavy atom. The van der Waals surface area contributed by atoms with E-state index in [4.69, 9.17) is 9.47 Å². The summed E-state index contributed by atoms with van der Waals surface area (Å²) >= 11 is 0. The molecule has 0 heterocycles. The van der Waals surface area contributed by atoms with Crippen LogP contribution in [0.4, 0.5) is 0 Å². The number of methoxy groups -OCH3 is 2. The molecule has 1 aromatic rings. The minimum atomic E-state index is -3.16. The lowest BCUT2D eigenvalue weighted by Crippen LogP contribution is -2.34. The van der Waals surface area contributed by atoms with E-state index in [-0.39, 0.29) is 5.25 Å². The van der Waals surface area contributed by atoms with Gasteiger partial charge in [0.15, 0.2) is 11.5 Å². The van der Waals surface area contributed by atoms with Crippen LogP contribution in [-0.4, -0.2) is 34.4 Å². The second-order valence-electron chi connectivity index (χ2n) is 5.29. The Balaban J connectivity index is 1.91. The number of benzene rings is 1. The highest BCUT2D eigenvalue weighted by Gasteiger charge is 2.27. The minimum absolute atomic E-state index is 0.206. The van der Waals surface area contributed by atoms with Gasteiger partial charge in [0.2, 0.25) is 10.0 Å². The van der Waals surface area contributed by atoms with Gasteiger partial charge in [0.05, 0.1) is 19.5 Å². The normalized spacial score (nSPS) is 16.1. The number of hydrogen-bond donors (Lipinski definition) is 1. The topological polar surface area (TPSA) is 64.6 Å². The molecule has 2 rings (SSSR count). The summed E-state index contributed by atoms with van der Waals surface area (Å²) in [7, 11) is 0.0137. The number of sulfonamides is 1. The summed E-state index contributed by atoms with van der Waals surface area (Å²) in [6, 6.07) is 5.63. The van der Waals surface area contributed by atoms with Gasteiger partial charge in [-0.3, -0.25) is 0 Å². The van der Waals surface area contributed by atoms with Crippen LogP contribution < -0.4 is 14.2 Å². The van der Waals surface area contributed by atoms with Gasteiger partial charge in [0.1, 0.15) is 0 Å². The Morgan fingerprint density at radius 2 is 1.81 bits per heavy atom. The number of rotatable bonds is 7. The van der Waals surface area contributed by atoms with Crippen molar-refractivity contribution in [2.75, 3.05) is 20.8 Å². The lowest BCUT2D eigenvalue weighted by molar-refractivity contribution is 0.354. The molecule has 0 amide bonds. The van der Waals surface area contributed by atoms with Crippen LogP contribution in [0, 0.1) is 0 Å². The van der Waals surface area contributed by atoms with E-state index in [9.17, 15) is 8.42 Å². The zero-order valence-corrected chi connectivity index (χ0v) is 13.4. The van der Waals surface area contributed by atoms with E-state index >= 15 is 0 Å². The van der Waals surface area contributed by atoms with Crippen LogP contribution in [-0.2, 0) is 16.4 Å². The van der Waals surface area contributed by atoms with Crippen molar-refractivity contribution in [3.8, 4) is 11.5 Å². The largest absolute Gasteiger partial charge is 0.493 e. The summed E-state index contributed by atoms with van der Waals surface area (Å²) in [5, 5.41) is -0.206. The molecule has 118 valence electrons. The van der Waals surface area contributed by atoms with Crippen LogP contribution >= 0.6 is 0 Å². The maximum atomic E-state index is 12.1. The average molecular weight is 313 g/mol. The molecule has 5 nitrogen and oxygen atoms in total. The maximum Gasteiger partial charge on any atom is 0.214 e. The molecule has 1 aromatic carbocycles. The van der Waals surface area contributed by atoms with Crippen molar-refractivity contribution in [2.45, 2.75) is 37.4 Å². The quantitative estimate of drug-likeness (QED) is 0.837. The van der Waals surface area contributed by atoms with Crippen molar-refractivity contribution < 1.29 is 17.9 Å². The van der Waals surface area contributed by atoms with Crippen molar-refractivity contribution >= 4 is 10.0 Å². The molecule has 0 aliphatic heterocycles. The first-order chi connectivity index (χ1) is 10.1. The summed E-state index contributed by atoms with van der Waals surface area (Å²) in [4.78, 5) is 0. The van der Waals surface area contributed by atoms with E-state index in [0.717, 1.165) is 31.2 Å². The van der Waals surface area contributed by atoms with Crippen LogP contribution in [0.25, 0.3) is 0 Å². The van der Waals surface area contributed by atoms with Crippen LogP contribution in [0.5, 0.6) is 11.5 Å². The molecule has 1 fully saturated rings. The second kappa shape index (κ2) is 7.13. The number of nitrogens with one attached hydrogen (secondary N) is 1. The predicted octanol–water partition coefficient (Wildman–Crippen LogP) is 2.11. The molecule has 0 saturated heterocycles. The molecule has 0 aromatic heterocycles. The van der Waals surface area contributed by atoms with Gasteiger partial charge in [0.25, 0.3) is 0 Å². The third-order valence-electron chi connectivity index (χ3n) is 3.91. The average Bonchev–Trinajstić information content (AvgIpc) is 3.02. The number of ether oxygens (including phenoxy) is 2. The lowest BCUT2D eigenvalue weighted by Gasteiger charge is -2.13. The van der Waals surface area contributed by atoms with E-state index in [1.807, 2.05) is 18.2 Å². The molecule has 0 unspecified atom stereocenters. The Kier molecular flexibility index (Phi) is 5.47. The molecule has 0 radical (unpaired) electrons. The van der Waals surface area contributed by atoms with E-state index in [2.05, 4.69) is 4.72 Å². The van der Waals surface area contributed by atoms with Gasteiger partial charge in [0, 0.05) is 6.54 Å². The third kappa shape index (κ3) is 4.11. The first-order valence-corrected chi connectivity index (χ1v) is 8.81. The Morgan fingerprint density at radius 3 is 2.43 bits per heavy atom. The monoisotopic (exact) mass is 313 g/mol. The lowest BCUT2D eigenvalue weighted by atomic mass is 10.1. The van der Waals surface area contributed by atoms with Crippen molar-refractivity contribution in [1.29, 1.82) is 0 Å². The zero-order chi connectivity index (χ0) is 15.3. The van der Waals surface area contributed by atoms with Crippen molar-refractivity contribution in [1.82, 2.24) is 4.72 Å². The highest BCUT2D eigenvalue weighted by Crippen LogP contribution is 2.28. The van der Waals surface area contributed by atoms with Crippen LogP contribution in [0.15, 0.2) is 18.2 Å². The van der Waals surface area contributed by atoms with E-state index in [0.29, 0.717) is 24.5 Å². The fraction of sp³-hybridized carbons (Fsp3) is 0.600. The molecule has 6 heteroatoms. The third-order valence-corrected chi connectivity index (χ3v) is 5.86. The molecule has 1 N–H and O–H groups in total. The van der Waals surface area contributed by atoms with E-state index in [1.54, 1.807) is 14.2 Å². The Bertz CT molecular complexity index is 565. The van der Waals surface area contributed by atoms with Crippen molar-refractivity contribution in [3.05, 3.63) is 23.8 Å².